The van der Waals surface area contributed by atoms with E-state index in [1.54, 1.807) is 26.0 Å². The van der Waals surface area contributed by atoms with E-state index >= 15 is 0 Å². The lowest BCUT2D eigenvalue weighted by molar-refractivity contribution is -0.137. The third-order valence-corrected chi connectivity index (χ3v) is 4.96. The van der Waals surface area contributed by atoms with E-state index in [-0.39, 0.29) is 0 Å². The highest BCUT2D eigenvalue weighted by molar-refractivity contribution is 6.02. The second kappa shape index (κ2) is 7.57. The van der Waals surface area contributed by atoms with Crippen LogP contribution in [0.25, 0.3) is 10.8 Å². The average Bonchev–Trinajstić information content (AvgIpc) is 2.71. The number of dihydropyridines is 1. The minimum atomic E-state index is -0.682. The maximum absolute atomic E-state index is 12.6. The maximum Gasteiger partial charge on any atom is 0.336 e. The van der Waals surface area contributed by atoms with Gasteiger partial charge in [-0.1, -0.05) is 30.3 Å². The van der Waals surface area contributed by atoms with Crippen molar-refractivity contribution in [2.24, 2.45) is 0 Å². The summed E-state index contributed by atoms with van der Waals surface area (Å²) in [6.45, 7) is 3.53. The largest absolute Gasteiger partial charge is 0.466 e. The molecule has 2 aromatic carbocycles. The molecule has 0 amide bonds. The number of allylic oxidation sites excluding steroid dienone is 2. The van der Waals surface area contributed by atoms with Crippen LogP contribution in [0.3, 0.4) is 0 Å². The fraction of sp³-hybridized carbons (Fsp3) is 0.227. The molecule has 3 rings (SSSR count). The lowest BCUT2D eigenvalue weighted by Gasteiger charge is -2.30. The van der Waals surface area contributed by atoms with E-state index < -0.39 is 17.9 Å². The van der Waals surface area contributed by atoms with Crippen LogP contribution in [0.1, 0.15) is 30.9 Å². The molecule has 0 spiro atoms. The first-order valence-corrected chi connectivity index (χ1v) is 8.71. The number of carbonyl (C=O) groups is 2. The number of nitriles is 1. The molecule has 28 heavy (non-hydrogen) atoms. The van der Waals surface area contributed by atoms with E-state index in [9.17, 15) is 14.9 Å². The highest BCUT2D eigenvalue weighted by atomic mass is 16.5. The van der Waals surface area contributed by atoms with Crippen molar-refractivity contribution in [2.75, 3.05) is 14.2 Å². The number of ether oxygens (including phenoxy) is 2. The number of benzene rings is 2. The Balaban J connectivity index is 2.38. The summed E-state index contributed by atoms with van der Waals surface area (Å²) in [7, 11) is 2.61. The zero-order chi connectivity index (χ0) is 20.4. The molecule has 0 aromatic heterocycles. The Labute approximate surface area is 163 Å². The number of rotatable bonds is 3. The highest BCUT2D eigenvalue weighted by Gasteiger charge is 2.38. The van der Waals surface area contributed by atoms with Gasteiger partial charge in [-0.15, -0.1) is 0 Å². The summed E-state index contributed by atoms with van der Waals surface area (Å²) < 4.78 is 10.0. The Hall–Kier alpha value is -3.59. The zero-order valence-electron chi connectivity index (χ0n) is 16.1. The van der Waals surface area contributed by atoms with Crippen LogP contribution in [0.2, 0.25) is 0 Å². The van der Waals surface area contributed by atoms with Crippen molar-refractivity contribution in [3.63, 3.8) is 0 Å². The van der Waals surface area contributed by atoms with Crippen LogP contribution in [0.5, 0.6) is 0 Å². The minimum Gasteiger partial charge on any atom is -0.466 e. The second-order valence-corrected chi connectivity index (χ2v) is 6.48. The molecule has 0 saturated carbocycles. The number of hydrogen-bond donors (Lipinski definition) is 1. The molecular weight excluding hydrogens is 356 g/mol. The molecule has 0 bridgehead atoms. The summed E-state index contributed by atoms with van der Waals surface area (Å²) in [6.07, 6.45) is 0. The van der Waals surface area contributed by atoms with E-state index in [1.165, 1.54) is 14.2 Å². The van der Waals surface area contributed by atoms with Crippen molar-refractivity contribution in [1.82, 2.24) is 5.32 Å². The van der Waals surface area contributed by atoms with Crippen LogP contribution in [-0.2, 0) is 19.1 Å². The standard InChI is InChI=1S/C22H20N2O4/c1-12-18(21(25)27-3)20(19(13(2)24-12)22(26)28-4)17-10-9-14(11-23)15-7-5-6-8-16(15)17/h5-10,20,24H,1-4H3. The van der Waals surface area contributed by atoms with Gasteiger partial charge in [0, 0.05) is 11.4 Å². The maximum atomic E-state index is 12.6. The number of nitrogens with zero attached hydrogens (tertiary/aromatic N) is 1. The molecule has 6 nitrogen and oxygen atoms in total. The van der Waals surface area contributed by atoms with Crippen LogP contribution >= 0.6 is 0 Å². The third-order valence-electron chi connectivity index (χ3n) is 4.96. The monoisotopic (exact) mass is 376 g/mol. The topological polar surface area (TPSA) is 88.4 Å². The predicted octanol–water partition coefficient (Wildman–Crippen LogP) is 3.29. The Kier molecular flexibility index (Phi) is 5.18. The molecule has 6 heteroatoms. The zero-order valence-corrected chi connectivity index (χ0v) is 16.1. The van der Waals surface area contributed by atoms with Crippen molar-refractivity contribution in [3.05, 3.63) is 70.1 Å². The molecule has 0 saturated heterocycles. The number of hydrogen-bond acceptors (Lipinski definition) is 6. The fourth-order valence-electron chi connectivity index (χ4n) is 3.74. The van der Waals surface area contributed by atoms with Crippen LogP contribution in [0.15, 0.2) is 58.9 Å². The Morgan fingerprint density at radius 2 is 1.46 bits per heavy atom. The first-order valence-electron chi connectivity index (χ1n) is 8.71. The molecule has 0 atom stereocenters. The van der Waals surface area contributed by atoms with Crippen molar-refractivity contribution in [2.45, 2.75) is 19.8 Å². The van der Waals surface area contributed by atoms with Gasteiger partial charge < -0.3 is 14.8 Å². The summed E-state index contributed by atoms with van der Waals surface area (Å²) >= 11 is 0. The minimum absolute atomic E-state index is 0.336. The Morgan fingerprint density at radius 1 is 0.929 bits per heavy atom. The van der Waals surface area contributed by atoms with Gasteiger partial charge in [-0.25, -0.2) is 9.59 Å². The lowest BCUT2D eigenvalue weighted by atomic mass is 9.78. The molecule has 142 valence electrons. The summed E-state index contributed by atoms with van der Waals surface area (Å²) in [5, 5.41) is 14.1. The van der Waals surface area contributed by atoms with Crippen molar-refractivity contribution < 1.29 is 19.1 Å². The van der Waals surface area contributed by atoms with Crippen LogP contribution in [0, 0.1) is 11.3 Å². The number of fused-ring (bicyclic) bond motifs is 1. The van der Waals surface area contributed by atoms with Gasteiger partial charge in [-0.2, -0.15) is 5.26 Å². The van der Waals surface area contributed by atoms with Gasteiger partial charge in [0.25, 0.3) is 0 Å². The van der Waals surface area contributed by atoms with Crippen LogP contribution < -0.4 is 5.32 Å². The average molecular weight is 376 g/mol. The summed E-state index contributed by atoms with van der Waals surface area (Å²) in [5.41, 5.74) is 3.14. The Bertz CT molecular complexity index is 1050. The first-order chi connectivity index (χ1) is 13.4. The van der Waals surface area contributed by atoms with Crippen molar-refractivity contribution in [3.8, 4) is 6.07 Å². The lowest BCUT2D eigenvalue weighted by Crippen LogP contribution is -2.32. The van der Waals surface area contributed by atoms with E-state index in [4.69, 9.17) is 9.47 Å². The Morgan fingerprint density at radius 3 is 1.96 bits per heavy atom. The SMILES string of the molecule is COC(=O)C1=C(C)NC(C)=C(C(=O)OC)C1c1ccc(C#N)c2ccccc12. The van der Waals surface area contributed by atoms with E-state index in [2.05, 4.69) is 11.4 Å². The van der Waals surface area contributed by atoms with Crippen LogP contribution in [0.4, 0.5) is 0 Å². The highest BCUT2D eigenvalue weighted by Crippen LogP contribution is 2.42. The van der Waals surface area contributed by atoms with Gasteiger partial charge in [-0.05, 0) is 36.2 Å². The number of carbonyl (C=O) groups excluding carboxylic acids is 2. The van der Waals surface area contributed by atoms with Crippen molar-refractivity contribution >= 4 is 22.7 Å². The van der Waals surface area contributed by atoms with E-state index in [1.807, 2.05) is 24.3 Å². The molecule has 0 fully saturated rings. The molecule has 2 aromatic rings. The second-order valence-electron chi connectivity index (χ2n) is 6.48. The molecule has 0 radical (unpaired) electrons. The molecule has 1 aliphatic heterocycles. The van der Waals surface area contributed by atoms with Gasteiger partial charge in [0.05, 0.1) is 42.9 Å². The summed E-state index contributed by atoms with van der Waals surface area (Å²) in [6, 6.07) is 13.1. The molecule has 1 heterocycles. The number of esters is 2. The van der Waals surface area contributed by atoms with E-state index in [0.29, 0.717) is 28.1 Å². The number of methoxy groups -OCH3 is 2. The van der Waals surface area contributed by atoms with Crippen molar-refractivity contribution in [1.29, 1.82) is 5.26 Å². The van der Waals surface area contributed by atoms with Crippen LogP contribution in [-0.4, -0.2) is 26.2 Å². The normalized spacial score (nSPS) is 14.5. The predicted molar refractivity (Wildman–Crippen MR) is 104 cm³/mol. The molecule has 1 N–H and O–H groups in total. The molecule has 0 aliphatic carbocycles. The van der Waals surface area contributed by atoms with E-state index in [0.717, 1.165) is 16.3 Å². The summed E-state index contributed by atoms with van der Waals surface area (Å²) in [5.74, 6) is -1.74. The third kappa shape index (κ3) is 3.01. The number of nitrogens with one attached hydrogen (secondary N) is 1. The first kappa shape index (κ1) is 19.2. The quantitative estimate of drug-likeness (QED) is 0.827. The van der Waals surface area contributed by atoms with Gasteiger partial charge in [-0.3, -0.25) is 0 Å². The van der Waals surface area contributed by atoms with Gasteiger partial charge >= 0.3 is 11.9 Å². The summed E-state index contributed by atoms with van der Waals surface area (Å²) in [4.78, 5) is 25.3. The smallest absolute Gasteiger partial charge is 0.336 e. The van der Waals surface area contributed by atoms with Gasteiger partial charge in [0.15, 0.2) is 0 Å². The van der Waals surface area contributed by atoms with Gasteiger partial charge in [0.2, 0.25) is 0 Å². The molecule has 1 aliphatic rings. The fourth-order valence-corrected chi connectivity index (χ4v) is 3.74. The molecule has 0 unspecified atom stereocenters. The molecular formula is C22H20N2O4. The van der Waals surface area contributed by atoms with Gasteiger partial charge in [0.1, 0.15) is 0 Å².